The molecule has 0 spiro atoms. The summed E-state index contributed by atoms with van der Waals surface area (Å²) in [5, 5.41) is 10.1. The fraction of sp³-hybridized carbons (Fsp3) is 0. The van der Waals surface area contributed by atoms with Gasteiger partial charge in [0, 0.05) is 17.1 Å². The van der Waals surface area contributed by atoms with Gasteiger partial charge in [-0.3, -0.25) is 0 Å². The summed E-state index contributed by atoms with van der Waals surface area (Å²) in [5.41, 5.74) is 5.82. The van der Waals surface area contributed by atoms with Crippen molar-refractivity contribution >= 4 is 60.2 Å². The van der Waals surface area contributed by atoms with Crippen LogP contribution in [0.1, 0.15) is 0 Å². The van der Waals surface area contributed by atoms with Gasteiger partial charge in [-0.15, -0.1) is 0 Å². The van der Waals surface area contributed by atoms with Gasteiger partial charge in [-0.1, -0.05) is 121 Å². The molecule has 0 saturated carbocycles. The molecule has 0 heterocycles. The lowest BCUT2D eigenvalue weighted by molar-refractivity contribution is 1.29. The normalized spacial score (nSPS) is 11.4. The number of anilines is 3. The average Bonchev–Trinajstić information content (AvgIpc) is 3.05. The van der Waals surface area contributed by atoms with Crippen molar-refractivity contribution < 1.29 is 0 Å². The lowest BCUT2D eigenvalue weighted by Gasteiger charge is -2.26. The minimum absolute atomic E-state index is 1.13. The highest BCUT2D eigenvalue weighted by atomic mass is 15.1. The van der Waals surface area contributed by atoms with Crippen LogP contribution in [0.4, 0.5) is 17.1 Å². The van der Waals surface area contributed by atoms with E-state index in [2.05, 4.69) is 169 Å². The molecule has 0 amide bonds. The van der Waals surface area contributed by atoms with E-state index in [0.29, 0.717) is 0 Å². The molecule has 8 rings (SSSR count). The quantitative estimate of drug-likeness (QED) is 0.208. The SMILES string of the molecule is c1ccc(N(c2cccc(-c3ccc4ccccc4c3)c2)c2ccc3ccc4c5ccccc5ccc4c3c2)cc1. The molecular weight excluding hydrogens is 494 g/mol. The number of hydrogen-bond acceptors (Lipinski definition) is 1. The van der Waals surface area contributed by atoms with E-state index in [1.165, 1.54) is 54.2 Å². The van der Waals surface area contributed by atoms with Crippen LogP contribution in [0.25, 0.3) is 54.2 Å². The first-order chi connectivity index (χ1) is 20.3. The highest BCUT2D eigenvalue weighted by Crippen LogP contribution is 2.40. The Morgan fingerprint density at radius 2 is 0.854 bits per heavy atom. The number of hydrogen-bond donors (Lipinski definition) is 0. The Hall–Kier alpha value is -5.40. The van der Waals surface area contributed by atoms with Crippen LogP contribution in [0.5, 0.6) is 0 Å². The molecule has 0 aromatic heterocycles. The third kappa shape index (κ3) is 4.11. The summed E-state index contributed by atoms with van der Waals surface area (Å²) in [6.45, 7) is 0. The van der Waals surface area contributed by atoms with Crippen molar-refractivity contribution in [3.8, 4) is 11.1 Å². The summed E-state index contributed by atoms with van der Waals surface area (Å²) >= 11 is 0. The van der Waals surface area contributed by atoms with E-state index in [1.807, 2.05) is 0 Å². The second-order valence-electron chi connectivity index (χ2n) is 10.6. The predicted octanol–water partition coefficient (Wildman–Crippen LogP) is 11.4. The smallest absolute Gasteiger partial charge is 0.0468 e. The van der Waals surface area contributed by atoms with Gasteiger partial charge in [-0.05, 0) is 96.7 Å². The maximum Gasteiger partial charge on any atom is 0.0468 e. The van der Waals surface area contributed by atoms with Crippen molar-refractivity contribution in [3.05, 3.63) is 164 Å². The molecule has 0 N–H and O–H groups in total. The van der Waals surface area contributed by atoms with Gasteiger partial charge in [0.2, 0.25) is 0 Å². The Bertz CT molecular complexity index is 2210. The highest BCUT2D eigenvalue weighted by molar-refractivity contribution is 6.17. The number of nitrogens with zero attached hydrogens (tertiary/aromatic N) is 1. The highest BCUT2D eigenvalue weighted by Gasteiger charge is 2.15. The van der Waals surface area contributed by atoms with E-state index >= 15 is 0 Å². The maximum atomic E-state index is 2.36. The number of rotatable bonds is 4. The van der Waals surface area contributed by atoms with Crippen LogP contribution in [-0.4, -0.2) is 0 Å². The van der Waals surface area contributed by atoms with E-state index < -0.39 is 0 Å². The first-order valence-corrected chi connectivity index (χ1v) is 14.1. The van der Waals surface area contributed by atoms with Gasteiger partial charge in [-0.2, -0.15) is 0 Å². The summed E-state index contributed by atoms with van der Waals surface area (Å²) in [6, 6.07) is 59.3. The van der Waals surface area contributed by atoms with Crippen LogP contribution in [-0.2, 0) is 0 Å². The van der Waals surface area contributed by atoms with Crippen molar-refractivity contribution in [1.82, 2.24) is 0 Å². The minimum atomic E-state index is 1.13. The zero-order valence-corrected chi connectivity index (χ0v) is 22.5. The largest absolute Gasteiger partial charge is 0.310 e. The van der Waals surface area contributed by atoms with Crippen LogP contribution in [0.15, 0.2) is 164 Å². The zero-order valence-electron chi connectivity index (χ0n) is 22.5. The summed E-state index contributed by atoms with van der Waals surface area (Å²) in [4.78, 5) is 2.36. The Balaban J connectivity index is 1.31. The van der Waals surface area contributed by atoms with Gasteiger partial charge in [0.25, 0.3) is 0 Å². The molecule has 0 aliphatic rings. The lowest BCUT2D eigenvalue weighted by Crippen LogP contribution is -2.09. The first kappa shape index (κ1) is 23.5. The molecule has 1 nitrogen and oxygen atoms in total. The topological polar surface area (TPSA) is 3.24 Å². The standard InChI is InChI=1S/C40H27N/c1-2-13-34(14-3-1)41(35-15-8-12-32(26-35)33-18-17-28-9-4-5-11-31(28)25-33)36-22-19-30-21-23-38-37-16-7-6-10-29(37)20-24-39(38)40(30)27-36/h1-27H. The first-order valence-electron chi connectivity index (χ1n) is 14.1. The monoisotopic (exact) mass is 521 g/mol. The molecule has 8 aromatic rings. The Morgan fingerprint density at radius 1 is 0.268 bits per heavy atom. The second-order valence-corrected chi connectivity index (χ2v) is 10.6. The van der Waals surface area contributed by atoms with Crippen LogP contribution in [0.2, 0.25) is 0 Å². The van der Waals surface area contributed by atoms with Crippen LogP contribution in [0.3, 0.4) is 0 Å². The van der Waals surface area contributed by atoms with Crippen molar-refractivity contribution in [2.75, 3.05) is 4.90 Å². The molecule has 0 unspecified atom stereocenters. The van der Waals surface area contributed by atoms with Crippen molar-refractivity contribution in [1.29, 1.82) is 0 Å². The Kier molecular flexibility index (Phi) is 5.53. The number of fused-ring (bicyclic) bond motifs is 6. The third-order valence-corrected chi connectivity index (χ3v) is 8.19. The fourth-order valence-electron chi connectivity index (χ4n) is 6.16. The molecule has 0 radical (unpaired) electrons. The molecule has 192 valence electrons. The van der Waals surface area contributed by atoms with Crippen molar-refractivity contribution in [2.45, 2.75) is 0 Å². The van der Waals surface area contributed by atoms with Crippen LogP contribution in [0, 0.1) is 0 Å². The van der Waals surface area contributed by atoms with Gasteiger partial charge in [0.05, 0.1) is 0 Å². The lowest BCUT2D eigenvalue weighted by atomic mass is 9.96. The summed E-state index contributed by atoms with van der Waals surface area (Å²) < 4.78 is 0. The van der Waals surface area contributed by atoms with Gasteiger partial charge < -0.3 is 4.90 Å². The van der Waals surface area contributed by atoms with Gasteiger partial charge in [-0.25, -0.2) is 0 Å². The van der Waals surface area contributed by atoms with E-state index in [-0.39, 0.29) is 0 Å². The van der Waals surface area contributed by atoms with Gasteiger partial charge in [0.1, 0.15) is 0 Å². The molecule has 8 aromatic carbocycles. The van der Waals surface area contributed by atoms with E-state index in [1.54, 1.807) is 0 Å². The summed E-state index contributed by atoms with van der Waals surface area (Å²) in [7, 11) is 0. The van der Waals surface area contributed by atoms with E-state index in [0.717, 1.165) is 17.1 Å². The minimum Gasteiger partial charge on any atom is -0.310 e. The Labute approximate surface area is 239 Å². The molecule has 0 fully saturated rings. The second kappa shape index (κ2) is 9.66. The fourth-order valence-corrected chi connectivity index (χ4v) is 6.16. The van der Waals surface area contributed by atoms with Crippen LogP contribution < -0.4 is 4.90 Å². The Morgan fingerprint density at radius 3 is 1.71 bits per heavy atom. The maximum absolute atomic E-state index is 2.36. The van der Waals surface area contributed by atoms with Crippen LogP contribution >= 0.6 is 0 Å². The van der Waals surface area contributed by atoms with Crippen molar-refractivity contribution in [2.24, 2.45) is 0 Å². The molecule has 0 atom stereocenters. The van der Waals surface area contributed by atoms with Gasteiger partial charge >= 0.3 is 0 Å². The van der Waals surface area contributed by atoms with E-state index in [9.17, 15) is 0 Å². The number of benzene rings is 8. The van der Waals surface area contributed by atoms with Crippen molar-refractivity contribution in [3.63, 3.8) is 0 Å². The molecule has 0 saturated heterocycles. The average molecular weight is 522 g/mol. The molecular formula is C40H27N. The zero-order chi connectivity index (χ0) is 27.2. The number of para-hydroxylation sites is 1. The molecule has 0 aliphatic carbocycles. The molecule has 41 heavy (non-hydrogen) atoms. The molecule has 0 bridgehead atoms. The molecule has 1 heteroatoms. The predicted molar refractivity (Wildman–Crippen MR) is 177 cm³/mol. The summed E-state index contributed by atoms with van der Waals surface area (Å²) in [6.07, 6.45) is 0. The third-order valence-electron chi connectivity index (χ3n) is 8.19. The molecule has 0 aliphatic heterocycles. The van der Waals surface area contributed by atoms with Gasteiger partial charge in [0.15, 0.2) is 0 Å². The summed E-state index contributed by atoms with van der Waals surface area (Å²) in [5.74, 6) is 0. The van der Waals surface area contributed by atoms with E-state index in [4.69, 9.17) is 0 Å².